The van der Waals surface area contributed by atoms with Gasteiger partial charge in [0.15, 0.2) is 5.75 Å². The Kier molecular flexibility index (Phi) is 8.71. The SMILES string of the molecule is COc1c(CO[Si](c2ccccc2)(c2ccccc2)C(C)(C)C)c(C(=O)NCc2ccc(F)cc2)c[n+](O)c1C. The lowest BCUT2D eigenvalue weighted by atomic mass is 10.1. The average Bonchev–Trinajstić information content (AvgIpc) is 2.95. The number of aromatic nitrogens is 1. The molecule has 3 aromatic carbocycles. The number of carbonyl (C=O) groups is 1. The molecule has 1 amide bonds. The number of nitrogens with zero attached hydrogens (tertiary/aromatic N) is 1. The number of amides is 1. The van der Waals surface area contributed by atoms with Crippen molar-refractivity contribution in [2.45, 2.75) is 45.9 Å². The lowest BCUT2D eigenvalue weighted by molar-refractivity contribution is -0.909. The summed E-state index contributed by atoms with van der Waals surface area (Å²) in [5.41, 5.74) is 1.95. The minimum Gasteiger partial charge on any atom is -0.490 e. The monoisotopic (exact) mass is 559 g/mol. The van der Waals surface area contributed by atoms with Gasteiger partial charge in [0, 0.05) is 23.8 Å². The highest BCUT2D eigenvalue weighted by Gasteiger charge is 2.50. The van der Waals surface area contributed by atoms with E-state index in [0.29, 0.717) is 17.0 Å². The van der Waals surface area contributed by atoms with Gasteiger partial charge in [0.2, 0.25) is 6.20 Å². The number of halogens is 1. The second kappa shape index (κ2) is 12.0. The molecule has 4 rings (SSSR count). The molecule has 208 valence electrons. The van der Waals surface area contributed by atoms with Crippen molar-refractivity contribution < 1.29 is 28.3 Å². The largest absolute Gasteiger partial charge is 0.490 e. The van der Waals surface area contributed by atoms with Crippen LogP contribution in [0, 0.1) is 12.7 Å². The van der Waals surface area contributed by atoms with Crippen LogP contribution in [0.3, 0.4) is 0 Å². The number of hydrogen-bond donors (Lipinski definition) is 2. The summed E-state index contributed by atoms with van der Waals surface area (Å²) < 4.78 is 27.0. The number of benzene rings is 3. The second-order valence-electron chi connectivity index (χ2n) is 10.7. The molecule has 0 radical (unpaired) electrons. The Bertz CT molecular complexity index is 1420. The third-order valence-electron chi connectivity index (χ3n) is 7.19. The number of methoxy groups -OCH3 is 1. The van der Waals surface area contributed by atoms with E-state index < -0.39 is 14.2 Å². The number of carbonyl (C=O) groups excluding carboxylic acids is 1. The minimum absolute atomic E-state index is 0.0808. The number of pyridine rings is 1. The first-order valence-corrected chi connectivity index (χ1v) is 15.1. The number of nitrogens with one attached hydrogen (secondary N) is 1. The third kappa shape index (κ3) is 5.78. The van der Waals surface area contributed by atoms with Gasteiger partial charge >= 0.3 is 0 Å². The zero-order valence-corrected chi connectivity index (χ0v) is 24.6. The fraction of sp³-hybridized carbons (Fsp3) is 0.250. The van der Waals surface area contributed by atoms with Gasteiger partial charge < -0.3 is 14.5 Å². The minimum atomic E-state index is -2.93. The van der Waals surface area contributed by atoms with E-state index in [1.54, 1.807) is 19.1 Å². The molecular weight excluding hydrogens is 523 g/mol. The molecule has 0 fully saturated rings. The molecule has 0 bridgehead atoms. The van der Waals surface area contributed by atoms with Crippen LogP contribution in [0.2, 0.25) is 5.04 Å². The average molecular weight is 560 g/mol. The first kappa shape index (κ1) is 29.0. The molecule has 4 aromatic rings. The lowest BCUT2D eigenvalue weighted by Crippen LogP contribution is -2.66. The van der Waals surface area contributed by atoms with Crippen molar-refractivity contribution in [1.29, 1.82) is 0 Å². The van der Waals surface area contributed by atoms with Crippen LogP contribution in [0.15, 0.2) is 91.1 Å². The highest BCUT2D eigenvalue weighted by Crippen LogP contribution is 2.38. The summed E-state index contributed by atoms with van der Waals surface area (Å²) in [7, 11) is -1.42. The van der Waals surface area contributed by atoms with E-state index >= 15 is 0 Å². The highest BCUT2D eigenvalue weighted by molar-refractivity contribution is 6.99. The molecule has 0 spiro atoms. The van der Waals surface area contributed by atoms with Gasteiger partial charge in [-0.05, 0) is 33.1 Å². The first-order valence-electron chi connectivity index (χ1n) is 13.2. The van der Waals surface area contributed by atoms with E-state index in [2.05, 4.69) is 50.4 Å². The van der Waals surface area contributed by atoms with Crippen molar-refractivity contribution in [3.63, 3.8) is 0 Å². The quantitative estimate of drug-likeness (QED) is 0.178. The molecular formula is C32H36FN2O4Si+. The lowest BCUT2D eigenvalue weighted by Gasteiger charge is -2.43. The van der Waals surface area contributed by atoms with E-state index in [-0.39, 0.29) is 29.6 Å². The topological polar surface area (TPSA) is 71.7 Å². The van der Waals surface area contributed by atoms with Crippen LogP contribution in [-0.4, -0.2) is 26.5 Å². The van der Waals surface area contributed by atoms with Crippen molar-refractivity contribution in [1.82, 2.24) is 5.32 Å². The molecule has 40 heavy (non-hydrogen) atoms. The Morgan fingerprint density at radius 2 is 1.50 bits per heavy atom. The molecule has 0 aliphatic carbocycles. The summed E-state index contributed by atoms with van der Waals surface area (Å²) in [6.07, 6.45) is 1.38. The predicted molar refractivity (Wildman–Crippen MR) is 155 cm³/mol. The number of ether oxygens (including phenoxy) is 1. The van der Waals surface area contributed by atoms with Crippen LogP contribution in [0.1, 0.15) is 48.0 Å². The first-order chi connectivity index (χ1) is 19.1. The number of hydrogen-bond acceptors (Lipinski definition) is 4. The Balaban J connectivity index is 1.78. The molecule has 0 saturated carbocycles. The smallest absolute Gasteiger partial charge is 0.272 e. The molecule has 1 heterocycles. The highest BCUT2D eigenvalue weighted by atomic mass is 28.4. The molecule has 8 heteroatoms. The summed E-state index contributed by atoms with van der Waals surface area (Å²) in [5.74, 6) is -0.385. The van der Waals surface area contributed by atoms with Crippen molar-refractivity contribution in [3.8, 4) is 5.75 Å². The summed E-state index contributed by atoms with van der Waals surface area (Å²) in [6, 6.07) is 26.4. The van der Waals surface area contributed by atoms with E-state index in [0.717, 1.165) is 20.7 Å². The van der Waals surface area contributed by atoms with Gasteiger partial charge in [-0.1, -0.05) is 93.6 Å². The maximum atomic E-state index is 13.5. The fourth-order valence-corrected chi connectivity index (χ4v) is 9.69. The standard InChI is InChI=1S/C32H35FN2O4Si/c1-23-30(38-5)29(28(21-35(23)37)31(36)34-20-24-16-18-25(33)19-17-24)22-39-40(32(2,3)4,26-12-8-6-9-13-26)27-14-10-7-11-15-27/h6-19,21H,20,22H2,1-5H3,(H-,34,36,37)/p+1. The molecule has 2 N–H and O–H groups in total. The van der Waals surface area contributed by atoms with Crippen molar-refractivity contribution in [3.05, 3.63) is 119 Å². The zero-order chi connectivity index (χ0) is 28.9. The van der Waals surface area contributed by atoms with Crippen LogP contribution >= 0.6 is 0 Å². The van der Waals surface area contributed by atoms with Crippen LogP contribution in [-0.2, 0) is 17.6 Å². The van der Waals surface area contributed by atoms with Crippen LogP contribution in [0.4, 0.5) is 4.39 Å². The predicted octanol–water partition coefficient (Wildman–Crippen LogP) is 4.67. The van der Waals surface area contributed by atoms with Crippen LogP contribution in [0.5, 0.6) is 5.75 Å². The van der Waals surface area contributed by atoms with Gasteiger partial charge in [0.05, 0.1) is 13.7 Å². The van der Waals surface area contributed by atoms with Gasteiger partial charge in [-0.2, -0.15) is 0 Å². The molecule has 0 saturated heterocycles. The van der Waals surface area contributed by atoms with E-state index in [1.165, 1.54) is 25.4 Å². The van der Waals surface area contributed by atoms with Crippen LogP contribution in [0.25, 0.3) is 0 Å². The van der Waals surface area contributed by atoms with Crippen molar-refractivity contribution in [2.24, 2.45) is 0 Å². The van der Waals surface area contributed by atoms with E-state index in [1.807, 2.05) is 36.4 Å². The van der Waals surface area contributed by atoms with Gasteiger partial charge in [-0.15, -0.1) is 0 Å². The maximum absolute atomic E-state index is 13.5. The van der Waals surface area contributed by atoms with Gasteiger partial charge in [-0.3, -0.25) is 10.0 Å². The molecule has 6 nitrogen and oxygen atoms in total. The van der Waals surface area contributed by atoms with E-state index in [9.17, 15) is 14.4 Å². The molecule has 0 aliphatic rings. The van der Waals surface area contributed by atoms with Crippen LogP contribution < -0.4 is 25.2 Å². The summed E-state index contributed by atoms with van der Waals surface area (Å²) in [6.45, 7) is 8.54. The van der Waals surface area contributed by atoms with Gasteiger partial charge in [-0.25, -0.2) is 4.39 Å². The maximum Gasteiger partial charge on any atom is 0.272 e. The Morgan fingerprint density at radius 3 is 2.00 bits per heavy atom. The van der Waals surface area contributed by atoms with Crippen molar-refractivity contribution >= 4 is 24.6 Å². The fourth-order valence-electron chi connectivity index (χ4n) is 5.17. The Morgan fingerprint density at radius 1 is 0.950 bits per heavy atom. The summed E-state index contributed by atoms with van der Waals surface area (Å²) in [5, 5.41) is 15.4. The normalized spacial score (nSPS) is 11.8. The van der Waals surface area contributed by atoms with Crippen molar-refractivity contribution in [2.75, 3.05) is 7.11 Å². The number of rotatable bonds is 9. The molecule has 0 atom stereocenters. The molecule has 0 aliphatic heterocycles. The molecule has 0 unspecified atom stereocenters. The van der Waals surface area contributed by atoms with Gasteiger partial charge in [0.1, 0.15) is 11.4 Å². The third-order valence-corrected chi connectivity index (χ3v) is 12.2. The second-order valence-corrected chi connectivity index (χ2v) is 15.1. The Labute approximate surface area is 236 Å². The summed E-state index contributed by atoms with van der Waals surface area (Å²) >= 11 is 0. The zero-order valence-electron chi connectivity index (χ0n) is 23.6. The Hall–Kier alpha value is -4.01. The van der Waals surface area contributed by atoms with Gasteiger partial charge in [0.25, 0.3) is 19.9 Å². The van der Waals surface area contributed by atoms with E-state index in [4.69, 9.17) is 9.16 Å². The molecule has 1 aromatic heterocycles. The summed E-state index contributed by atoms with van der Waals surface area (Å²) in [4.78, 5) is 13.5.